The number of carboxylic acid groups (broad SMARTS) is 1. The van der Waals surface area contributed by atoms with Crippen LogP contribution in [0.15, 0.2) is 0 Å². The first-order valence-corrected chi connectivity index (χ1v) is 10.4. The van der Waals surface area contributed by atoms with Crippen molar-refractivity contribution >= 4 is 6.16 Å². The van der Waals surface area contributed by atoms with Gasteiger partial charge in [0.1, 0.15) is 0 Å². The van der Waals surface area contributed by atoms with E-state index < -0.39 is 6.16 Å². The van der Waals surface area contributed by atoms with Gasteiger partial charge >= 0.3 is 6.16 Å². The van der Waals surface area contributed by atoms with Crippen molar-refractivity contribution in [2.75, 3.05) is 19.7 Å². The minimum atomic E-state index is -1.23. The topological polar surface area (TPSA) is 59.0 Å². The molecule has 0 saturated carbocycles. The summed E-state index contributed by atoms with van der Waals surface area (Å²) in [5.74, 6) is 0. The van der Waals surface area contributed by atoms with Gasteiger partial charge in [-0.3, -0.25) is 0 Å². The molecule has 0 amide bonds. The van der Waals surface area contributed by atoms with E-state index in [-0.39, 0.29) is 11.5 Å². The van der Waals surface area contributed by atoms with Gasteiger partial charge in [-0.05, 0) is 42.9 Å². The van der Waals surface area contributed by atoms with Crippen LogP contribution < -0.4 is 0 Å². The van der Waals surface area contributed by atoms with E-state index in [1.165, 1.54) is 50.0 Å². The Morgan fingerprint density at radius 2 is 1.58 bits per heavy atom. The summed E-state index contributed by atoms with van der Waals surface area (Å²) in [6.45, 7) is 13.6. The maximum absolute atomic E-state index is 10.6. The molecule has 0 atom stereocenters. The Hall–Kier alpha value is -0.810. The van der Waals surface area contributed by atoms with Crippen LogP contribution >= 0.6 is 0 Å². The molecule has 0 aromatic carbocycles. The van der Waals surface area contributed by atoms with E-state index in [0.717, 1.165) is 19.4 Å². The lowest BCUT2D eigenvalue weighted by Gasteiger charge is -2.33. The molecule has 154 valence electrons. The molecular weight excluding hydrogens is 330 g/mol. The minimum absolute atomic E-state index is 0.189. The fraction of sp³-hybridized carbons (Fsp3) is 0.952. The number of unbranched alkanes of at least 4 members (excludes halogenated alkanes) is 2. The molecule has 1 aliphatic heterocycles. The second-order valence-electron chi connectivity index (χ2n) is 9.44. The minimum Gasteiger partial charge on any atom is -0.448 e. The van der Waals surface area contributed by atoms with Crippen molar-refractivity contribution < 1.29 is 19.5 Å². The first kappa shape index (κ1) is 23.2. The molecule has 1 aliphatic rings. The van der Waals surface area contributed by atoms with E-state index >= 15 is 0 Å². The summed E-state index contributed by atoms with van der Waals surface area (Å²) >= 11 is 0. The van der Waals surface area contributed by atoms with Gasteiger partial charge in [-0.25, -0.2) is 4.79 Å². The van der Waals surface area contributed by atoms with Crippen LogP contribution in [0.3, 0.4) is 0 Å². The molecule has 1 heterocycles. The highest BCUT2D eigenvalue weighted by molar-refractivity contribution is 5.56. The molecule has 0 radical (unpaired) electrons. The Morgan fingerprint density at radius 1 is 1.00 bits per heavy atom. The number of carbonyl (C=O) groups is 1. The molecule has 26 heavy (non-hydrogen) atoms. The number of nitrogens with zero attached hydrogens (tertiary/aromatic N) is 1. The van der Waals surface area contributed by atoms with Gasteiger partial charge in [-0.15, -0.1) is 5.06 Å². The Bertz CT molecular complexity index is 401. The third-order valence-electron chi connectivity index (χ3n) is 5.48. The van der Waals surface area contributed by atoms with Crippen LogP contribution in [0.25, 0.3) is 0 Å². The Balaban J connectivity index is 2.20. The zero-order chi connectivity index (χ0) is 19.6. The highest BCUT2D eigenvalue weighted by atomic mass is 16.8. The first-order chi connectivity index (χ1) is 12.1. The van der Waals surface area contributed by atoms with E-state index in [4.69, 9.17) is 14.7 Å². The van der Waals surface area contributed by atoms with Gasteiger partial charge in [-0.2, -0.15) is 0 Å². The van der Waals surface area contributed by atoms with Crippen LogP contribution in [0, 0.1) is 10.8 Å². The standard InChI is InChI=1S/C21H41NO4/c1-6-7-8-12-20(2,3)13-9-14-21(4,5)17-25-18-10-15-22(16-11-18)26-19(23)24/h18H,6-17H2,1-5H3,(H,23,24). The van der Waals surface area contributed by atoms with E-state index in [1.807, 2.05) is 0 Å². The lowest BCUT2D eigenvalue weighted by molar-refractivity contribution is -0.151. The third-order valence-corrected chi connectivity index (χ3v) is 5.48. The van der Waals surface area contributed by atoms with Crippen LogP contribution in [0.5, 0.6) is 0 Å². The summed E-state index contributed by atoms with van der Waals surface area (Å²) < 4.78 is 6.13. The van der Waals surface area contributed by atoms with Gasteiger partial charge < -0.3 is 14.7 Å². The maximum Gasteiger partial charge on any atom is 0.525 e. The molecule has 0 aromatic heterocycles. The van der Waals surface area contributed by atoms with E-state index in [1.54, 1.807) is 0 Å². The predicted octanol–water partition coefficient (Wildman–Crippen LogP) is 5.88. The Labute approximate surface area is 160 Å². The monoisotopic (exact) mass is 371 g/mol. The highest BCUT2D eigenvalue weighted by Gasteiger charge is 2.26. The van der Waals surface area contributed by atoms with Crippen molar-refractivity contribution in [3.05, 3.63) is 0 Å². The third kappa shape index (κ3) is 10.4. The fourth-order valence-electron chi connectivity index (χ4n) is 3.64. The number of hydroxylamine groups is 2. The largest absolute Gasteiger partial charge is 0.525 e. The average molecular weight is 372 g/mol. The maximum atomic E-state index is 10.6. The summed E-state index contributed by atoms with van der Waals surface area (Å²) in [4.78, 5) is 15.3. The summed E-state index contributed by atoms with van der Waals surface area (Å²) in [6, 6.07) is 0. The lowest BCUT2D eigenvalue weighted by atomic mass is 9.79. The number of rotatable bonds is 12. The number of hydrogen-bond acceptors (Lipinski definition) is 4. The smallest absolute Gasteiger partial charge is 0.448 e. The molecule has 1 N–H and O–H groups in total. The van der Waals surface area contributed by atoms with Crippen molar-refractivity contribution in [3.8, 4) is 0 Å². The van der Waals surface area contributed by atoms with Crippen molar-refractivity contribution in [3.63, 3.8) is 0 Å². The van der Waals surface area contributed by atoms with Gasteiger partial charge in [0, 0.05) is 13.1 Å². The van der Waals surface area contributed by atoms with Crippen molar-refractivity contribution in [2.45, 2.75) is 98.5 Å². The van der Waals surface area contributed by atoms with Crippen LogP contribution in [-0.2, 0) is 9.57 Å². The van der Waals surface area contributed by atoms with Gasteiger partial charge in [-0.1, -0.05) is 60.3 Å². The first-order valence-electron chi connectivity index (χ1n) is 10.4. The molecular formula is C21H41NO4. The normalized spacial score (nSPS) is 17.4. The molecule has 0 aliphatic carbocycles. The molecule has 0 spiro atoms. The SMILES string of the molecule is CCCCCC(C)(C)CCCC(C)(C)COC1CCN(OC(=O)O)CC1. The highest BCUT2D eigenvalue weighted by Crippen LogP contribution is 2.33. The molecule has 1 fully saturated rings. The molecule has 0 unspecified atom stereocenters. The van der Waals surface area contributed by atoms with E-state index in [2.05, 4.69) is 34.6 Å². The predicted molar refractivity (Wildman–Crippen MR) is 105 cm³/mol. The van der Waals surface area contributed by atoms with Crippen LogP contribution in [-0.4, -0.2) is 42.1 Å². The van der Waals surface area contributed by atoms with Crippen molar-refractivity contribution in [1.82, 2.24) is 5.06 Å². The van der Waals surface area contributed by atoms with Crippen molar-refractivity contribution in [1.29, 1.82) is 0 Å². The van der Waals surface area contributed by atoms with Gasteiger partial charge in [0.15, 0.2) is 0 Å². The summed E-state index contributed by atoms with van der Waals surface area (Å²) in [7, 11) is 0. The zero-order valence-electron chi connectivity index (χ0n) is 17.7. The Morgan fingerprint density at radius 3 is 2.15 bits per heavy atom. The zero-order valence-corrected chi connectivity index (χ0v) is 17.7. The molecule has 5 nitrogen and oxygen atoms in total. The second-order valence-corrected chi connectivity index (χ2v) is 9.44. The van der Waals surface area contributed by atoms with E-state index in [0.29, 0.717) is 18.5 Å². The summed E-state index contributed by atoms with van der Waals surface area (Å²) in [5.41, 5.74) is 0.636. The van der Waals surface area contributed by atoms with Gasteiger partial charge in [0.05, 0.1) is 12.7 Å². The molecule has 0 bridgehead atoms. The van der Waals surface area contributed by atoms with Crippen LogP contribution in [0.2, 0.25) is 0 Å². The van der Waals surface area contributed by atoms with Gasteiger partial charge in [0.25, 0.3) is 0 Å². The molecule has 5 heteroatoms. The number of ether oxygens (including phenoxy) is 1. The molecule has 1 saturated heterocycles. The van der Waals surface area contributed by atoms with Crippen LogP contribution in [0.1, 0.15) is 92.4 Å². The second kappa shape index (κ2) is 11.1. The number of piperidine rings is 1. The average Bonchev–Trinajstić information content (AvgIpc) is 2.53. The molecule has 0 aromatic rings. The number of hydrogen-bond donors (Lipinski definition) is 1. The van der Waals surface area contributed by atoms with E-state index in [9.17, 15) is 4.79 Å². The quantitative estimate of drug-likeness (QED) is 0.434. The summed E-state index contributed by atoms with van der Waals surface area (Å²) in [6.07, 6.45) is 9.67. The Kier molecular flexibility index (Phi) is 9.94. The van der Waals surface area contributed by atoms with Gasteiger partial charge in [0.2, 0.25) is 0 Å². The van der Waals surface area contributed by atoms with Crippen LogP contribution in [0.4, 0.5) is 4.79 Å². The lowest BCUT2D eigenvalue weighted by Crippen LogP contribution is -2.39. The van der Waals surface area contributed by atoms with Crippen molar-refractivity contribution in [2.24, 2.45) is 10.8 Å². The molecule has 1 rings (SSSR count). The summed E-state index contributed by atoms with van der Waals surface area (Å²) in [5, 5.41) is 10.2. The fourth-order valence-corrected chi connectivity index (χ4v) is 3.64.